The molecule has 4 rings (SSSR count). The molecule has 0 bridgehead atoms. The molecule has 7 heteroatoms. The molecule has 0 saturated carbocycles. The van der Waals surface area contributed by atoms with Crippen molar-refractivity contribution < 1.29 is 14.3 Å². The van der Waals surface area contributed by atoms with Crippen LogP contribution in [0.25, 0.3) is 0 Å². The average Bonchev–Trinajstić information content (AvgIpc) is 3.28. The summed E-state index contributed by atoms with van der Waals surface area (Å²) in [5.74, 6) is 2.47. The number of pyridine rings is 1. The topological polar surface area (TPSA) is 66.9 Å². The Hall–Kier alpha value is -2.80. The Morgan fingerprint density at radius 1 is 1.22 bits per heavy atom. The third kappa shape index (κ3) is 3.83. The number of fused-ring (bicyclic) bond motifs is 1. The number of anilines is 1. The van der Waals surface area contributed by atoms with Gasteiger partial charge < -0.3 is 24.6 Å². The van der Waals surface area contributed by atoms with Crippen molar-refractivity contribution in [3.8, 4) is 11.5 Å². The van der Waals surface area contributed by atoms with E-state index in [2.05, 4.69) is 34.2 Å². The highest BCUT2D eigenvalue weighted by atomic mass is 16.7. The number of nitrogens with one attached hydrogen (secondary N) is 1. The first-order chi connectivity index (χ1) is 13.1. The van der Waals surface area contributed by atoms with Gasteiger partial charge in [0, 0.05) is 37.3 Å². The first-order valence-corrected chi connectivity index (χ1v) is 9.11. The maximum Gasteiger partial charge on any atom is 0.251 e. The van der Waals surface area contributed by atoms with Crippen molar-refractivity contribution in [3.05, 3.63) is 48.2 Å². The maximum atomic E-state index is 12.8. The molecule has 1 amide bonds. The molecule has 3 heterocycles. The van der Waals surface area contributed by atoms with Crippen molar-refractivity contribution in [2.75, 3.05) is 45.4 Å². The van der Waals surface area contributed by atoms with Crippen LogP contribution in [0.3, 0.4) is 0 Å². The molecule has 2 aliphatic heterocycles. The summed E-state index contributed by atoms with van der Waals surface area (Å²) in [5.41, 5.74) is 0.583. The molecule has 2 aliphatic rings. The molecule has 1 fully saturated rings. The third-order valence-corrected chi connectivity index (χ3v) is 4.97. The van der Waals surface area contributed by atoms with Gasteiger partial charge in [-0.1, -0.05) is 6.07 Å². The molecule has 142 valence electrons. The van der Waals surface area contributed by atoms with Crippen molar-refractivity contribution in [2.45, 2.75) is 6.04 Å². The van der Waals surface area contributed by atoms with Gasteiger partial charge in [0.15, 0.2) is 11.5 Å². The fourth-order valence-corrected chi connectivity index (χ4v) is 3.71. The number of ether oxygens (including phenoxy) is 2. The van der Waals surface area contributed by atoms with E-state index in [1.807, 2.05) is 18.2 Å². The Morgan fingerprint density at radius 3 is 2.85 bits per heavy atom. The van der Waals surface area contributed by atoms with Gasteiger partial charge in [0.05, 0.1) is 6.04 Å². The molecule has 2 atom stereocenters. The smallest absolute Gasteiger partial charge is 0.251 e. The highest BCUT2D eigenvalue weighted by Crippen LogP contribution is 2.32. The normalized spacial score (nSPS) is 20.9. The maximum absolute atomic E-state index is 12.8. The number of hydrogen-bond donors (Lipinski definition) is 1. The molecule has 0 unspecified atom stereocenters. The van der Waals surface area contributed by atoms with Crippen LogP contribution in [0, 0.1) is 5.92 Å². The van der Waals surface area contributed by atoms with Crippen molar-refractivity contribution in [3.63, 3.8) is 0 Å². The molecule has 1 aromatic heterocycles. The summed E-state index contributed by atoms with van der Waals surface area (Å²) in [4.78, 5) is 21.7. The summed E-state index contributed by atoms with van der Waals surface area (Å²) in [5, 5.41) is 3.21. The van der Waals surface area contributed by atoms with Crippen molar-refractivity contribution in [2.24, 2.45) is 5.92 Å². The Bertz CT molecular complexity index is 812. The second-order valence-electron chi connectivity index (χ2n) is 7.26. The van der Waals surface area contributed by atoms with E-state index in [0.717, 1.165) is 25.5 Å². The van der Waals surface area contributed by atoms with Crippen LogP contribution in [0.15, 0.2) is 42.6 Å². The second kappa shape index (κ2) is 7.44. The van der Waals surface area contributed by atoms with E-state index >= 15 is 0 Å². The first-order valence-electron chi connectivity index (χ1n) is 9.11. The van der Waals surface area contributed by atoms with Crippen LogP contribution in [0.1, 0.15) is 10.4 Å². The number of aromatic nitrogens is 1. The van der Waals surface area contributed by atoms with E-state index in [4.69, 9.17) is 9.47 Å². The van der Waals surface area contributed by atoms with Crippen LogP contribution in [-0.2, 0) is 0 Å². The fraction of sp³-hybridized carbons (Fsp3) is 0.400. The molecule has 0 radical (unpaired) electrons. The molecule has 27 heavy (non-hydrogen) atoms. The summed E-state index contributed by atoms with van der Waals surface area (Å²) in [6, 6.07) is 11.3. The summed E-state index contributed by atoms with van der Waals surface area (Å²) in [6.07, 6.45) is 1.80. The molecule has 2 aromatic rings. The zero-order valence-electron chi connectivity index (χ0n) is 15.6. The predicted octanol–water partition coefficient (Wildman–Crippen LogP) is 1.61. The fourth-order valence-electron chi connectivity index (χ4n) is 3.71. The van der Waals surface area contributed by atoms with E-state index in [1.54, 1.807) is 24.4 Å². The van der Waals surface area contributed by atoms with Gasteiger partial charge in [0.25, 0.3) is 5.91 Å². The molecule has 0 spiro atoms. The first kappa shape index (κ1) is 17.6. The summed E-state index contributed by atoms with van der Waals surface area (Å²) < 4.78 is 10.7. The van der Waals surface area contributed by atoms with E-state index < -0.39 is 0 Å². The van der Waals surface area contributed by atoms with Crippen LogP contribution >= 0.6 is 0 Å². The molecule has 1 aromatic carbocycles. The van der Waals surface area contributed by atoms with Gasteiger partial charge in [-0.3, -0.25) is 4.79 Å². The van der Waals surface area contributed by atoms with Crippen LogP contribution < -0.4 is 19.7 Å². The van der Waals surface area contributed by atoms with Crippen LogP contribution in [0.4, 0.5) is 5.82 Å². The van der Waals surface area contributed by atoms with Gasteiger partial charge in [0.2, 0.25) is 6.79 Å². The minimum Gasteiger partial charge on any atom is -0.454 e. The Labute approximate surface area is 158 Å². The highest BCUT2D eigenvalue weighted by Gasteiger charge is 2.35. The lowest BCUT2D eigenvalue weighted by Crippen LogP contribution is -2.43. The Balaban J connectivity index is 1.49. The molecule has 1 saturated heterocycles. The molecule has 1 N–H and O–H groups in total. The zero-order chi connectivity index (χ0) is 18.8. The van der Waals surface area contributed by atoms with Crippen LogP contribution in [0.5, 0.6) is 11.5 Å². The predicted molar refractivity (Wildman–Crippen MR) is 102 cm³/mol. The van der Waals surface area contributed by atoms with Gasteiger partial charge >= 0.3 is 0 Å². The lowest BCUT2D eigenvalue weighted by molar-refractivity contribution is 0.0927. The van der Waals surface area contributed by atoms with Gasteiger partial charge in [-0.2, -0.15) is 0 Å². The molecular weight excluding hydrogens is 344 g/mol. The lowest BCUT2D eigenvalue weighted by atomic mass is 10.0. The van der Waals surface area contributed by atoms with Gasteiger partial charge in [-0.05, 0) is 44.4 Å². The number of carbonyl (C=O) groups is 1. The quantitative estimate of drug-likeness (QED) is 0.865. The van der Waals surface area contributed by atoms with E-state index in [1.165, 1.54) is 0 Å². The number of nitrogens with zero attached hydrogens (tertiary/aromatic N) is 3. The SMILES string of the molecule is CN(C)C[C@@H]1CN(c2ccccn2)C[C@H]1NC(=O)c1ccc2c(c1)OCO2. The minimum atomic E-state index is -0.0927. The van der Waals surface area contributed by atoms with Crippen LogP contribution in [-0.4, -0.2) is 62.4 Å². The van der Waals surface area contributed by atoms with Crippen molar-refractivity contribution in [1.29, 1.82) is 0 Å². The highest BCUT2D eigenvalue weighted by molar-refractivity contribution is 5.95. The minimum absolute atomic E-state index is 0.0485. The van der Waals surface area contributed by atoms with Gasteiger partial charge in [-0.15, -0.1) is 0 Å². The number of benzene rings is 1. The van der Waals surface area contributed by atoms with E-state index in [9.17, 15) is 4.79 Å². The average molecular weight is 368 g/mol. The van der Waals surface area contributed by atoms with E-state index in [-0.39, 0.29) is 18.7 Å². The standard InChI is InChI=1S/C20H24N4O3/c1-23(2)10-15-11-24(19-5-3-4-8-21-19)12-16(15)22-20(25)14-6-7-17-18(9-14)27-13-26-17/h3-9,15-16H,10-13H2,1-2H3,(H,22,25)/t15-,16-/m1/s1. The number of rotatable bonds is 5. The van der Waals surface area contributed by atoms with Crippen molar-refractivity contribution >= 4 is 11.7 Å². The number of carbonyl (C=O) groups excluding carboxylic acids is 1. The third-order valence-electron chi connectivity index (χ3n) is 4.97. The summed E-state index contributed by atoms with van der Waals surface area (Å²) in [6.45, 7) is 2.70. The number of amides is 1. The van der Waals surface area contributed by atoms with Crippen molar-refractivity contribution in [1.82, 2.24) is 15.2 Å². The monoisotopic (exact) mass is 368 g/mol. The van der Waals surface area contributed by atoms with Crippen LogP contribution in [0.2, 0.25) is 0 Å². The molecule has 0 aliphatic carbocycles. The lowest BCUT2D eigenvalue weighted by Gasteiger charge is -2.22. The van der Waals surface area contributed by atoms with Gasteiger partial charge in [-0.25, -0.2) is 4.98 Å². The largest absolute Gasteiger partial charge is 0.454 e. The number of hydrogen-bond acceptors (Lipinski definition) is 6. The molecular formula is C20H24N4O3. The molecule has 7 nitrogen and oxygen atoms in total. The summed E-state index contributed by atoms with van der Waals surface area (Å²) >= 11 is 0. The Morgan fingerprint density at radius 2 is 2.07 bits per heavy atom. The Kier molecular flexibility index (Phi) is 4.85. The second-order valence-corrected chi connectivity index (χ2v) is 7.26. The zero-order valence-corrected chi connectivity index (χ0v) is 15.6. The summed E-state index contributed by atoms with van der Waals surface area (Å²) in [7, 11) is 4.11. The van der Waals surface area contributed by atoms with E-state index in [0.29, 0.717) is 23.0 Å². The van der Waals surface area contributed by atoms with Gasteiger partial charge in [0.1, 0.15) is 5.82 Å².